The van der Waals surface area contributed by atoms with Gasteiger partial charge in [0.25, 0.3) is 0 Å². The van der Waals surface area contributed by atoms with Crippen molar-refractivity contribution in [2.45, 2.75) is 78.3 Å². The number of carbonyl (C=O) groups is 2. The Morgan fingerprint density at radius 2 is 0.960 bits per heavy atom. The van der Waals surface area contributed by atoms with E-state index in [2.05, 4.69) is 10.6 Å². The first-order valence-electron chi connectivity index (χ1n) is 9.34. The SMILES string of the molecule is CC(C)[C@H](N)C(=O)NCCCCCCCCNC(=O)[C@@H](N)C(C)C.O. The highest BCUT2D eigenvalue weighted by molar-refractivity contribution is 5.82. The molecule has 0 spiro atoms. The smallest absolute Gasteiger partial charge is 0.237 e. The van der Waals surface area contributed by atoms with Crippen molar-refractivity contribution in [2.75, 3.05) is 13.1 Å². The van der Waals surface area contributed by atoms with Crippen molar-refractivity contribution >= 4 is 11.8 Å². The minimum absolute atomic E-state index is 0. The predicted molar refractivity (Wildman–Crippen MR) is 103 cm³/mol. The van der Waals surface area contributed by atoms with E-state index in [0.717, 1.165) is 38.5 Å². The quantitative estimate of drug-likeness (QED) is 0.359. The van der Waals surface area contributed by atoms with Crippen LogP contribution >= 0.6 is 0 Å². The zero-order valence-electron chi connectivity index (χ0n) is 16.4. The van der Waals surface area contributed by atoms with Crippen molar-refractivity contribution in [3.05, 3.63) is 0 Å². The number of carbonyl (C=O) groups excluding carboxylic acids is 2. The van der Waals surface area contributed by atoms with Gasteiger partial charge < -0.3 is 27.6 Å². The molecule has 2 atom stereocenters. The minimum atomic E-state index is -0.413. The fraction of sp³-hybridized carbons (Fsp3) is 0.889. The summed E-state index contributed by atoms with van der Waals surface area (Å²) in [4.78, 5) is 23.3. The first-order valence-corrected chi connectivity index (χ1v) is 9.34. The van der Waals surface area contributed by atoms with E-state index < -0.39 is 12.1 Å². The number of nitrogens with one attached hydrogen (secondary N) is 2. The molecule has 0 heterocycles. The summed E-state index contributed by atoms with van der Waals surface area (Å²) in [6.07, 6.45) is 6.45. The first kappa shape index (κ1) is 26.1. The lowest BCUT2D eigenvalue weighted by atomic mass is 10.0. The molecule has 0 unspecified atom stereocenters. The number of hydrogen-bond donors (Lipinski definition) is 4. The Morgan fingerprint density at radius 1 is 0.680 bits per heavy atom. The molecule has 0 aliphatic carbocycles. The van der Waals surface area contributed by atoms with Crippen molar-refractivity contribution < 1.29 is 15.1 Å². The average molecular weight is 361 g/mol. The van der Waals surface area contributed by atoms with E-state index in [1.807, 2.05) is 27.7 Å². The van der Waals surface area contributed by atoms with Crippen molar-refractivity contribution in [1.29, 1.82) is 0 Å². The van der Waals surface area contributed by atoms with Gasteiger partial charge >= 0.3 is 0 Å². The molecule has 0 fully saturated rings. The van der Waals surface area contributed by atoms with E-state index in [9.17, 15) is 9.59 Å². The molecular weight excluding hydrogens is 320 g/mol. The molecule has 0 aromatic carbocycles. The molecule has 7 nitrogen and oxygen atoms in total. The molecule has 2 amide bonds. The maximum atomic E-state index is 11.7. The summed E-state index contributed by atoms with van der Waals surface area (Å²) in [5.74, 6) is 0.224. The third-order valence-electron chi connectivity index (χ3n) is 4.24. The number of unbranched alkanes of at least 4 members (excludes halogenated alkanes) is 5. The lowest BCUT2D eigenvalue weighted by molar-refractivity contribution is -0.124. The minimum Gasteiger partial charge on any atom is -0.412 e. The zero-order chi connectivity index (χ0) is 18.5. The summed E-state index contributed by atoms with van der Waals surface area (Å²) < 4.78 is 0. The van der Waals surface area contributed by atoms with Crippen LogP contribution in [0.3, 0.4) is 0 Å². The van der Waals surface area contributed by atoms with E-state index in [4.69, 9.17) is 11.5 Å². The van der Waals surface area contributed by atoms with Gasteiger partial charge in [0.05, 0.1) is 12.1 Å². The van der Waals surface area contributed by atoms with Crippen molar-refractivity contribution in [3.8, 4) is 0 Å². The maximum Gasteiger partial charge on any atom is 0.237 e. The number of amides is 2. The van der Waals surface area contributed by atoms with E-state index in [1.165, 1.54) is 0 Å². The summed E-state index contributed by atoms with van der Waals surface area (Å²) in [6.45, 7) is 9.18. The monoisotopic (exact) mass is 360 g/mol. The fourth-order valence-corrected chi connectivity index (χ4v) is 2.22. The summed E-state index contributed by atoms with van der Waals surface area (Å²) >= 11 is 0. The van der Waals surface area contributed by atoms with Gasteiger partial charge in [-0.3, -0.25) is 9.59 Å². The van der Waals surface area contributed by atoms with Gasteiger partial charge in [0.1, 0.15) is 0 Å². The Hall–Kier alpha value is -1.18. The lowest BCUT2D eigenvalue weighted by Crippen LogP contribution is -2.44. The van der Waals surface area contributed by atoms with Crippen LogP contribution in [0.1, 0.15) is 66.2 Å². The van der Waals surface area contributed by atoms with Gasteiger partial charge in [0.2, 0.25) is 11.8 Å². The Balaban J connectivity index is 0. The van der Waals surface area contributed by atoms with Gasteiger partial charge in [-0.25, -0.2) is 0 Å². The van der Waals surface area contributed by atoms with Gasteiger partial charge in [-0.1, -0.05) is 53.4 Å². The molecule has 0 aliphatic heterocycles. The molecule has 8 N–H and O–H groups in total. The van der Waals surface area contributed by atoms with Crippen LogP contribution in [0, 0.1) is 11.8 Å². The molecule has 150 valence electrons. The molecule has 0 saturated carbocycles. The molecule has 0 aliphatic rings. The molecule has 0 bridgehead atoms. The molecule has 7 heteroatoms. The second kappa shape index (κ2) is 15.1. The second-order valence-corrected chi connectivity index (χ2v) is 7.24. The van der Waals surface area contributed by atoms with E-state index >= 15 is 0 Å². The van der Waals surface area contributed by atoms with Crippen LogP contribution in [-0.4, -0.2) is 42.5 Å². The number of nitrogens with two attached hydrogens (primary N) is 2. The van der Waals surface area contributed by atoms with Gasteiger partial charge in [0.15, 0.2) is 0 Å². The number of hydrogen-bond acceptors (Lipinski definition) is 4. The highest BCUT2D eigenvalue weighted by atomic mass is 16.2. The molecule has 0 aromatic rings. The van der Waals surface area contributed by atoms with Crippen LogP contribution in [0.15, 0.2) is 0 Å². The van der Waals surface area contributed by atoms with Crippen LogP contribution in [0.2, 0.25) is 0 Å². The Kier molecular flexibility index (Phi) is 15.7. The highest BCUT2D eigenvalue weighted by Gasteiger charge is 2.16. The molecule has 0 aromatic heterocycles. The van der Waals surface area contributed by atoms with Crippen LogP contribution in [0.5, 0.6) is 0 Å². The molecular formula is C18H40N4O3. The Morgan fingerprint density at radius 3 is 1.24 bits per heavy atom. The standard InChI is InChI=1S/C18H38N4O2.H2O/c1-13(2)15(19)17(23)21-11-9-7-5-6-8-10-12-22-18(24)16(20)14(3)4;/h13-16H,5-12,19-20H2,1-4H3,(H,21,23)(H,22,24);1H2/t15-,16-;/m0./s1. The third-order valence-corrected chi connectivity index (χ3v) is 4.24. The Bertz CT molecular complexity index is 328. The van der Waals surface area contributed by atoms with Crippen molar-refractivity contribution in [3.63, 3.8) is 0 Å². The van der Waals surface area contributed by atoms with Gasteiger partial charge in [0, 0.05) is 13.1 Å². The predicted octanol–water partition coefficient (Wildman–Crippen LogP) is 0.701. The average Bonchev–Trinajstić information content (AvgIpc) is 2.54. The lowest BCUT2D eigenvalue weighted by Gasteiger charge is -2.15. The van der Waals surface area contributed by atoms with Crippen LogP contribution in [-0.2, 0) is 9.59 Å². The van der Waals surface area contributed by atoms with Crippen LogP contribution in [0.4, 0.5) is 0 Å². The fourth-order valence-electron chi connectivity index (χ4n) is 2.22. The highest BCUT2D eigenvalue weighted by Crippen LogP contribution is 2.05. The van der Waals surface area contributed by atoms with Crippen molar-refractivity contribution in [1.82, 2.24) is 10.6 Å². The molecule has 25 heavy (non-hydrogen) atoms. The van der Waals surface area contributed by atoms with E-state index in [1.54, 1.807) is 0 Å². The molecule has 0 saturated heterocycles. The maximum absolute atomic E-state index is 11.7. The summed E-state index contributed by atoms with van der Waals surface area (Å²) in [7, 11) is 0. The molecule has 0 radical (unpaired) electrons. The van der Waals surface area contributed by atoms with Gasteiger partial charge in [-0.2, -0.15) is 0 Å². The zero-order valence-corrected chi connectivity index (χ0v) is 16.4. The van der Waals surface area contributed by atoms with Gasteiger partial charge in [-0.05, 0) is 24.7 Å². The van der Waals surface area contributed by atoms with Crippen LogP contribution < -0.4 is 22.1 Å². The van der Waals surface area contributed by atoms with Crippen LogP contribution in [0.25, 0.3) is 0 Å². The van der Waals surface area contributed by atoms with E-state index in [0.29, 0.717) is 13.1 Å². The topological polar surface area (TPSA) is 142 Å². The number of rotatable bonds is 13. The second-order valence-electron chi connectivity index (χ2n) is 7.24. The van der Waals surface area contributed by atoms with Gasteiger partial charge in [-0.15, -0.1) is 0 Å². The normalized spacial score (nSPS) is 13.3. The summed E-state index contributed by atoms with van der Waals surface area (Å²) in [5, 5.41) is 5.77. The van der Waals surface area contributed by atoms with Crippen molar-refractivity contribution in [2.24, 2.45) is 23.3 Å². The third kappa shape index (κ3) is 12.8. The largest absolute Gasteiger partial charge is 0.412 e. The summed E-state index contributed by atoms with van der Waals surface area (Å²) in [6, 6.07) is -0.826. The molecule has 0 rings (SSSR count). The summed E-state index contributed by atoms with van der Waals surface area (Å²) in [5.41, 5.74) is 11.6. The Labute approximate surface area is 153 Å². The first-order chi connectivity index (χ1) is 11.3. The van der Waals surface area contributed by atoms with E-state index in [-0.39, 0.29) is 29.1 Å².